The summed E-state index contributed by atoms with van der Waals surface area (Å²) in [6, 6.07) is 0. The zero-order chi connectivity index (χ0) is 16.3. The average molecular weight is 288 g/mol. The summed E-state index contributed by atoms with van der Waals surface area (Å²) in [7, 11) is 1.33. The highest BCUT2D eigenvalue weighted by atomic mass is 16.6. The van der Waals surface area contributed by atoms with Gasteiger partial charge < -0.3 is 19.7 Å². The highest BCUT2D eigenvalue weighted by Gasteiger charge is 2.13. The van der Waals surface area contributed by atoms with Crippen LogP contribution in [0.4, 0.5) is 0 Å². The van der Waals surface area contributed by atoms with Crippen molar-refractivity contribution in [2.45, 2.75) is 20.0 Å². The van der Waals surface area contributed by atoms with Gasteiger partial charge in [-0.3, -0.25) is 0 Å². The zero-order valence-electron chi connectivity index (χ0n) is 11.3. The monoisotopic (exact) mass is 288 g/mol. The number of ether oxygens (including phenoxy) is 2. The number of carboxylic acid groups (broad SMARTS) is 1. The Morgan fingerprint density at radius 1 is 1.20 bits per heavy atom. The normalized spacial score (nSPS) is 10.8. The minimum absolute atomic E-state index is 0.347. The lowest BCUT2D eigenvalue weighted by Gasteiger charge is -2.00. The Kier molecular flexibility index (Phi) is 10.4. The fourth-order valence-electron chi connectivity index (χ4n) is 0.532. The van der Waals surface area contributed by atoms with E-state index in [1.54, 1.807) is 6.92 Å². The molecule has 0 aliphatic rings. The highest BCUT2D eigenvalue weighted by molar-refractivity contribution is 5.96. The first-order valence-corrected chi connectivity index (χ1v) is 5.20. The van der Waals surface area contributed by atoms with Gasteiger partial charge in [0, 0.05) is 17.7 Å². The summed E-state index contributed by atoms with van der Waals surface area (Å²) < 4.78 is 8.26. The molecule has 0 spiro atoms. The maximum atomic E-state index is 10.6. The van der Waals surface area contributed by atoms with Gasteiger partial charge in [0.15, 0.2) is 0 Å². The largest absolute Gasteiger partial charge is 0.478 e. The molecule has 0 aromatic rings. The van der Waals surface area contributed by atoms with Crippen molar-refractivity contribution in [3.63, 3.8) is 0 Å². The third kappa shape index (κ3) is 12.0. The molecule has 0 bridgehead atoms. The molecule has 0 fully saturated rings. The predicted octanol–water partition coefficient (Wildman–Crippen LogP) is -0.187. The SMILES string of the molecule is C=C(C)C(=O)OC.CC(O)C(=O)OC(=O)/C=C\C(=O)O. The van der Waals surface area contributed by atoms with Crippen molar-refractivity contribution in [2.24, 2.45) is 0 Å². The van der Waals surface area contributed by atoms with Gasteiger partial charge in [0.2, 0.25) is 0 Å². The summed E-state index contributed by atoms with van der Waals surface area (Å²) in [6.45, 7) is 6.08. The molecule has 1 unspecified atom stereocenters. The summed E-state index contributed by atoms with van der Waals surface area (Å²) in [5.41, 5.74) is 0.433. The van der Waals surface area contributed by atoms with Crippen LogP contribution in [0.2, 0.25) is 0 Å². The second-order valence-electron chi connectivity index (χ2n) is 3.36. The van der Waals surface area contributed by atoms with Gasteiger partial charge in [-0.1, -0.05) is 6.58 Å². The number of esters is 3. The Balaban J connectivity index is 0. The van der Waals surface area contributed by atoms with Crippen molar-refractivity contribution >= 4 is 23.9 Å². The third-order valence-electron chi connectivity index (χ3n) is 1.44. The Morgan fingerprint density at radius 2 is 1.70 bits per heavy atom. The van der Waals surface area contributed by atoms with Crippen molar-refractivity contribution in [1.29, 1.82) is 0 Å². The van der Waals surface area contributed by atoms with E-state index in [-0.39, 0.29) is 5.97 Å². The number of hydrogen-bond donors (Lipinski definition) is 2. The fraction of sp³-hybridized carbons (Fsp3) is 0.333. The lowest BCUT2D eigenvalue weighted by Crippen LogP contribution is -2.21. The van der Waals surface area contributed by atoms with Crippen LogP contribution < -0.4 is 0 Å². The Labute approximate surface area is 115 Å². The Bertz CT molecular complexity index is 419. The van der Waals surface area contributed by atoms with Crippen molar-refractivity contribution in [3.05, 3.63) is 24.3 Å². The number of methoxy groups -OCH3 is 1. The highest BCUT2D eigenvalue weighted by Crippen LogP contribution is 1.89. The molecule has 0 saturated heterocycles. The molecule has 0 heterocycles. The van der Waals surface area contributed by atoms with Gasteiger partial charge in [-0.2, -0.15) is 0 Å². The first-order valence-electron chi connectivity index (χ1n) is 5.20. The standard InChI is InChI=1S/C7H8O6.C5H8O2/c1-4(8)7(12)13-6(11)3-2-5(9)10;1-4(2)5(6)7-3/h2-4,8H,1H3,(H,9,10);1H2,2-3H3/b3-2-;. The lowest BCUT2D eigenvalue weighted by molar-refractivity contribution is -0.162. The smallest absolute Gasteiger partial charge is 0.342 e. The van der Waals surface area contributed by atoms with E-state index in [0.717, 1.165) is 6.92 Å². The molecule has 8 nitrogen and oxygen atoms in total. The van der Waals surface area contributed by atoms with Gasteiger partial charge in [0.05, 0.1) is 7.11 Å². The van der Waals surface area contributed by atoms with Gasteiger partial charge in [0.25, 0.3) is 0 Å². The number of hydrogen-bond acceptors (Lipinski definition) is 7. The number of aliphatic hydroxyl groups excluding tert-OH is 1. The zero-order valence-corrected chi connectivity index (χ0v) is 11.3. The van der Waals surface area contributed by atoms with Crippen molar-refractivity contribution in [2.75, 3.05) is 7.11 Å². The first kappa shape index (κ1) is 19.9. The quantitative estimate of drug-likeness (QED) is 0.414. The maximum absolute atomic E-state index is 10.6. The van der Waals surface area contributed by atoms with E-state index in [4.69, 9.17) is 10.2 Å². The van der Waals surface area contributed by atoms with Crippen LogP contribution in [0, 0.1) is 0 Å². The summed E-state index contributed by atoms with van der Waals surface area (Å²) in [4.78, 5) is 41.2. The van der Waals surface area contributed by atoms with E-state index in [2.05, 4.69) is 16.1 Å². The second-order valence-corrected chi connectivity index (χ2v) is 3.36. The summed E-state index contributed by atoms with van der Waals surface area (Å²) in [5, 5.41) is 16.7. The molecule has 8 heteroatoms. The van der Waals surface area contributed by atoms with Gasteiger partial charge in [-0.15, -0.1) is 0 Å². The molecule has 0 aromatic carbocycles. The van der Waals surface area contributed by atoms with Crippen LogP contribution in [0.5, 0.6) is 0 Å². The van der Waals surface area contributed by atoms with E-state index in [0.29, 0.717) is 17.7 Å². The molecule has 0 radical (unpaired) electrons. The van der Waals surface area contributed by atoms with E-state index in [1.165, 1.54) is 7.11 Å². The van der Waals surface area contributed by atoms with Gasteiger partial charge in [-0.25, -0.2) is 19.2 Å². The number of rotatable bonds is 4. The number of carboxylic acids is 1. The molecule has 112 valence electrons. The van der Waals surface area contributed by atoms with Gasteiger partial charge in [0.1, 0.15) is 6.10 Å². The van der Waals surface area contributed by atoms with Crippen LogP contribution in [0.25, 0.3) is 0 Å². The molecule has 1 atom stereocenters. The molecule has 20 heavy (non-hydrogen) atoms. The van der Waals surface area contributed by atoms with E-state index < -0.39 is 24.0 Å². The molecule has 0 aliphatic heterocycles. The minimum Gasteiger partial charge on any atom is -0.478 e. The first-order chi connectivity index (χ1) is 9.11. The number of carbonyl (C=O) groups is 4. The van der Waals surface area contributed by atoms with E-state index in [9.17, 15) is 19.2 Å². The summed E-state index contributed by atoms with van der Waals surface area (Å²) in [5.74, 6) is -3.94. The van der Waals surface area contributed by atoms with Crippen LogP contribution in [-0.4, -0.2) is 47.3 Å². The van der Waals surface area contributed by atoms with Crippen molar-refractivity contribution in [3.8, 4) is 0 Å². The molecule has 0 rings (SSSR count). The molecule has 0 amide bonds. The maximum Gasteiger partial charge on any atom is 0.342 e. The van der Waals surface area contributed by atoms with Crippen LogP contribution in [0.3, 0.4) is 0 Å². The lowest BCUT2D eigenvalue weighted by atomic mass is 10.4. The molecule has 0 aromatic heterocycles. The van der Waals surface area contributed by atoms with Crippen molar-refractivity contribution in [1.82, 2.24) is 0 Å². The van der Waals surface area contributed by atoms with Gasteiger partial charge in [-0.05, 0) is 13.8 Å². The third-order valence-corrected chi connectivity index (χ3v) is 1.44. The summed E-state index contributed by atoms with van der Waals surface area (Å²) >= 11 is 0. The average Bonchev–Trinajstić information content (AvgIpc) is 2.35. The topological polar surface area (TPSA) is 127 Å². The Morgan fingerprint density at radius 3 is 1.95 bits per heavy atom. The van der Waals surface area contributed by atoms with Gasteiger partial charge >= 0.3 is 23.9 Å². The predicted molar refractivity (Wildman–Crippen MR) is 66.4 cm³/mol. The number of aliphatic carboxylic acids is 1. The number of aliphatic hydroxyl groups is 1. The van der Waals surface area contributed by atoms with Crippen LogP contribution in [0.1, 0.15) is 13.8 Å². The van der Waals surface area contributed by atoms with Crippen LogP contribution in [-0.2, 0) is 28.7 Å². The van der Waals surface area contributed by atoms with Crippen LogP contribution >= 0.6 is 0 Å². The van der Waals surface area contributed by atoms with E-state index >= 15 is 0 Å². The molecule has 0 aliphatic carbocycles. The molecular formula is C12H16O8. The minimum atomic E-state index is -1.41. The molecular weight excluding hydrogens is 272 g/mol. The van der Waals surface area contributed by atoms with Crippen LogP contribution in [0.15, 0.2) is 24.3 Å². The van der Waals surface area contributed by atoms with E-state index in [1.807, 2.05) is 0 Å². The Hall–Kier alpha value is -2.48. The molecule has 0 saturated carbocycles. The van der Waals surface area contributed by atoms with Crippen molar-refractivity contribution < 1.29 is 38.9 Å². The summed E-state index contributed by atoms with van der Waals surface area (Å²) in [6.07, 6.45) is -0.317. The number of carbonyl (C=O) groups excluding carboxylic acids is 3. The second kappa shape index (κ2) is 10.4. The fourth-order valence-corrected chi connectivity index (χ4v) is 0.532. The molecule has 2 N–H and O–H groups in total.